The molecule has 0 aliphatic carbocycles. The highest BCUT2D eigenvalue weighted by Crippen LogP contribution is 2.19. The molecular formula is C20H17N5O3. The molecule has 4 aromatic rings. The van der Waals surface area contributed by atoms with Crippen molar-refractivity contribution in [3.05, 3.63) is 75.8 Å². The lowest BCUT2D eigenvalue weighted by atomic mass is 10.1. The molecule has 0 saturated carbocycles. The van der Waals surface area contributed by atoms with Gasteiger partial charge in [-0.25, -0.2) is 4.98 Å². The van der Waals surface area contributed by atoms with Crippen LogP contribution in [0.2, 0.25) is 0 Å². The number of benzene rings is 1. The van der Waals surface area contributed by atoms with Crippen LogP contribution in [0, 0.1) is 6.92 Å². The topological polar surface area (TPSA) is 111 Å². The molecule has 8 heteroatoms. The van der Waals surface area contributed by atoms with Crippen LogP contribution in [0.15, 0.2) is 53.5 Å². The van der Waals surface area contributed by atoms with Crippen molar-refractivity contribution in [1.82, 2.24) is 14.0 Å². The van der Waals surface area contributed by atoms with Crippen molar-refractivity contribution in [2.24, 2.45) is 12.8 Å². The SMILES string of the molecule is Cc1ccc2nc3c(cc(C(=O)Nc4ccccc4C(N)=O)n3C)c(=O)n2c1. The first kappa shape index (κ1) is 17.5. The van der Waals surface area contributed by atoms with Gasteiger partial charge in [0.05, 0.1) is 16.6 Å². The number of carbonyl (C=O) groups is 2. The van der Waals surface area contributed by atoms with Gasteiger partial charge < -0.3 is 15.6 Å². The Morgan fingerprint density at radius 1 is 1.14 bits per heavy atom. The van der Waals surface area contributed by atoms with Crippen LogP contribution in [0.3, 0.4) is 0 Å². The maximum atomic E-state index is 12.8. The number of rotatable bonds is 3. The van der Waals surface area contributed by atoms with Crippen molar-refractivity contribution in [2.45, 2.75) is 6.92 Å². The summed E-state index contributed by atoms with van der Waals surface area (Å²) >= 11 is 0. The van der Waals surface area contributed by atoms with E-state index in [9.17, 15) is 14.4 Å². The van der Waals surface area contributed by atoms with Gasteiger partial charge in [0.15, 0.2) is 0 Å². The van der Waals surface area contributed by atoms with Gasteiger partial charge in [0, 0.05) is 13.2 Å². The second kappa shape index (κ2) is 6.34. The summed E-state index contributed by atoms with van der Waals surface area (Å²) in [4.78, 5) is 41.7. The van der Waals surface area contributed by atoms with Gasteiger partial charge in [-0.2, -0.15) is 0 Å². The van der Waals surface area contributed by atoms with E-state index in [1.54, 1.807) is 42.1 Å². The number of aromatic nitrogens is 3. The summed E-state index contributed by atoms with van der Waals surface area (Å²) in [6.07, 6.45) is 1.71. The maximum Gasteiger partial charge on any atom is 0.272 e. The molecule has 0 aliphatic heterocycles. The molecule has 0 unspecified atom stereocenters. The van der Waals surface area contributed by atoms with Crippen LogP contribution in [0.1, 0.15) is 26.4 Å². The van der Waals surface area contributed by atoms with Crippen molar-refractivity contribution in [3.63, 3.8) is 0 Å². The summed E-state index contributed by atoms with van der Waals surface area (Å²) in [5.41, 5.74) is 7.68. The van der Waals surface area contributed by atoms with Crippen LogP contribution >= 0.6 is 0 Å². The molecule has 0 fully saturated rings. The van der Waals surface area contributed by atoms with Crippen molar-refractivity contribution in [2.75, 3.05) is 5.32 Å². The Morgan fingerprint density at radius 2 is 1.89 bits per heavy atom. The Balaban J connectivity index is 1.83. The molecule has 0 radical (unpaired) electrons. The summed E-state index contributed by atoms with van der Waals surface area (Å²) in [5.74, 6) is -1.12. The Morgan fingerprint density at radius 3 is 2.64 bits per heavy atom. The van der Waals surface area contributed by atoms with Crippen molar-refractivity contribution >= 4 is 34.2 Å². The summed E-state index contributed by atoms with van der Waals surface area (Å²) in [6, 6.07) is 11.6. The molecule has 0 aliphatic rings. The predicted octanol–water partition coefficient (Wildman–Crippen LogP) is 1.85. The van der Waals surface area contributed by atoms with Crippen LogP contribution < -0.4 is 16.6 Å². The van der Waals surface area contributed by atoms with E-state index < -0.39 is 11.8 Å². The van der Waals surface area contributed by atoms with E-state index in [1.807, 2.05) is 13.0 Å². The molecule has 0 saturated heterocycles. The van der Waals surface area contributed by atoms with Gasteiger partial charge in [-0.05, 0) is 36.8 Å². The third-order valence-electron chi connectivity index (χ3n) is 4.62. The van der Waals surface area contributed by atoms with Crippen molar-refractivity contribution in [3.8, 4) is 0 Å². The van der Waals surface area contributed by atoms with E-state index in [2.05, 4.69) is 10.3 Å². The highest BCUT2D eigenvalue weighted by Gasteiger charge is 2.19. The number of anilines is 1. The molecule has 28 heavy (non-hydrogen) atoms. The van der Waals surface area contributed by atoms with Crippen molar-refractivity contribution < 1.29 is 9.59 Å². The first-order chi connectivity index (χ1) is 13.4. The molecular weight excluding hydrogens is 358 g/mol. The van der Waals surface area contributed by atoms with Gasteiger partial charge in [-0.3, -0.25) is 18.8 Å². The predicted molar refractivity (Wildman–Crippen MR) is 106 cm³/mol. The molecule has 0 bridgehead atoms. The second-order valence-electron chi connectivity index (χ2n) is 6.54. The van der Waals surface area contributed by atoms with E-state index in [0.717, 1.165) is 5.56 Å². The molecule has 4 rings (SSSR count). The minimum absolute atomic E-state index is 0.203. The molecule has 3 heterocycles. The Labute approximate surface area is 159 Å². The Kier molecular flexibility index (Phi) is 3.96. The number of primary amides is 1. The van der Waals surface area contributed by atoms with Gasteiger partial charge >= 0.3 is 0 Å². The van der Waals surface area contributed by atoms with Gasteiger partial charge in [0.2, 0.25) is 0 Å². The van der Waals surface area contributed by atoms with Crippen LogP contribution in [-0.2, 0) is 7.05 Å². The van der Waals surface area contributed by atoms with Gasteiger partial charge in [0.1, 0.15) is 17.0 Å². The number of carbonyl (C=O) groups excluding carboxylic acids is 2. The average Bonchev–Trinajstić information content (AvgIpc) is 3.00. The number of hydrogen-bond donors (Lipinski definition) is 2. The molecule has 140 valence electrons. The zero-order chi connectivity index (χ0) is 20.0. The lowest BCUT2D eigenvalue weighted by Crippen LogP contribution is -2.19. The Hall–Kier alpha value is -3.94. The van der Waals surface area contributed by atoms with Gasteiger partial charge in [-0.1, -0.05) is 18.2 Å². The number of pyridine rings is 1. The fraction of sp³-hybridized carbons (Fsp3) is 0.100. The van der Waals surface area contributed by atoms with E-state index in [0.29, 0.717) is 22.4 Å². The summed E-state index contributed by atoms with van der Waals surface area (Å²) in [6.45, 7) is 1.89. The highest BCUT2D eigenvalue weighted by molar-refractivity contribution is 6.09. The van der Waals surface area contributed by atoms with E-state index in [-0.39, 0.29) is 16.8 Å². The highest BCUT2D eigenvalue weighted by atomic mass is 16.2. The first-order valence-electron chi connectivity index (χ1n) is 8.55. The number of nitrogens with one attached hydrogen (secondary N) is 1. The number of fused-ring (bicyclic) bond motifs is 2. The number of aryl methyl sites for hydroxylation is 2. The number of para-hydroxylation sites is 1. The zero-order valence-corrected chi connectivity index (χ0v) is 15.3. The van der Waals surface area contributed by atoms with E-state index >= 15 is 0 Å². The molecule has 0 atom stereocenters. The quantitative estimate of drug-likeness (QED) is 0.569. The summed E-state index contributed by atoms with van der Waals surface area (Å²) in [7, 11) is 1.66. The molecule has 3 N–H and O–H groups in total. The molecule has 2 amide bonds. The minimum atomic E-state index is -0.644. The largest absolute Gasteiger partial charge is 0.366 e. The van der Waals surface area contributed by atoms with Gasteiger partial charge in [-0.15, -0.1) is 0 Å². The standard InChI is InChI=1S/C20H17N5O3/c1-11-7-8-16-23-18-13(20(28)25(16)10-11)9-15(24(18)2)19(27)22-14-6-4-3-5-12(14)17(21)26/h3-10H,1-2H3,(H2,21,26)(H,22,27). The van der Waals surface area contributed by atoms with Crippen LogP contribution in [0.25, 0.3) is 16.7 Å². The van der Waals surface area contributed by atoms with Gasteiger partial charge in [0.25, 0.3) is 17.4 Å². The van der Waals surface area contributed by atoms with E-state index in [4.69, 9.17) is 5.73 Å². The van der Waals surface area contributed by atoms with E-state index in [1.165, 1.54) is 16.5 Å². The number of nitrogens with zero attached hydrogens (tertiary/aromatic N) is 3. The summed E-state index contributed by atoms with van der Waals surface area (Å²) < 4.78 is 3.01. The Bertz CT molecular complexity index is 1330. The normalized spacial score (nSPS) is 11.1. The number of amides is 2. The fourth-order valence-corrected chi connectivity index (χ4v) is 3.19. The third-order valence-corrected chi connectivity index (χ3v) is 4.62. The van der Waals surface area contributed by atoms with Crippen molar-refractivity contribution in [1.29, 1.82) is 0 Å². The first-order valence-corrected chi connectivity index (χ1v) is 8.55. The lowest BCUT2D eigenvalue weighted by Gasteiger charge is -2.09. The maximum absolute atomic E-state index is 12.8. The lowest BCUT2D eigenvalue weighted by molar-refractivity contribution is 0.100. The van der Waals surface area contributed by atoms with Crippen LogP contribution in [0.4, 0.5) is 5.69 Å². The summed E-state index contributed by atoms with van der Waals surface area (Å²) in [5, 5.41) is 3.02. The molecule has 8 nitrogen and oxygen atoms in total. The molecule has 1 aromatic carbocycles. The van der Waals surface area contributed by atoms with Crippen LogP contribution in [0.5, 0.6) is 0 Å². The fourth-order valence-electron chi connectivity index (χ4n) is 3.19. The average molecular weight is 375 g/mol. The minimum Gasteiger partial charge on any atom is -0.366 e. The number of hydrogen-bond acceptors (Lipinski definition) is 4. The zero-order valence-electron chi connectivity index (χ0n) is 15.3. The van der Waals surface area contributed by atoms with Crippen LogP contribution in [-0.4, -0.2) is 25.8 Å². The molecule has 3 aromatic heterocycles. The number of nitrogens with two attached hydrogens (primary N) is 1. The monoisotopic (exact) mass is 375 g/mol. The third kappa shape index (κ3) is 2.71. The smallest absolute Gasteiger partial charge is 0.272 e. The molecule has 0 spiro atoms. The second-order valence-corrected chi connectivity index (χ2v) is 6.54.